The molecule has 0 spiro atoms. The van der Waals surface area contributed by atoms with Crippen molar-refractivity contribution in [3.05, 3.63) is 21.3 Å². The van der Waals surface area contributed by atoms with Crippen molar-refractivity contribution in [1.29, 1.82) is 0 Å². The van der Waals surface area contributed by atoms with Crippen LogP contribution in [0.3, 0.4) is 0 Å². The zero-order chi connectivity index (χ0) is 16.8. The number of amides is 1. The zero-order valence-corrected chi connectivity index (χ0v) is 18.2. The summed E-state index contributed by atoms with van der Waals surface area (Å²) in [6.07, 6.45) is 0. The van der Waals surface area contributed by atoms with E-state index in [2.05, 4.69) is 15.6 Å². The van der Waals surface area contributed by atoms with Crippen LogP contribution in [0.2, 0.25) is 4.34 Å². The van der Waals surface area contributed by atoms with Crippen molar-refractivity contribution in [1.82, 2.24) is 15.5 Å². The maximum absolute atomic E-state index is 11.8. The lowest BCUT2D eigenvalue weighted by Crippen LogP contribution is -2.43. The molecule has 1 aromatic rings. The van der Waals surface area contributed by atoms with E-state index in [4.69, 9.17) is 11.6 Å². The molecule has 132 valence electrons. The second-order valence-corrected chi connectivity index (χ2v) is 7.84. The predicted molar refractivity (Wildman–Crippen MR) is 110 cm³/mol. The minimum Gasteiger partial charge on any atom is -0.354 e. The van der Waals surface area contributed by atoms with E-state index in [-0.39, 0.29) is 35.3 Å². The second kappa shape index (κ2) is 10.4. The average Bonchev–Trinajstić information content (AvgIpc) is 2.82. The van der Waals surface area contributed by atoms with Crippen molar-refractivity contribution in [2.45, 2.75) is 27.3 Å². The molecule has 8 heteroatoms. The first-order chi connectivity index (χ1) is 10.2. The van der Waals surface area contributed by atoms with Gasteiger partial charge in [0, 0.05) is 37.5 Å². The van der Waals surface area contributed by atoms with Crippen LogP contribution < -0.4 is 10.6 Å². The van der Waals surface area contributed by atoms with Gasteiger partial charge in [-0.25, -0.2) is 0 Å². The van der Waals surface area contributed by atoms with E-state index in [1.165, 1.54) is 4.88 Å². The molecule has 0 fully saturated rings. The van der Waals surface area contributed by atoms with Crippen LogP contribution in [-0.2, 0) is 11.3 Å². The Hall–Kier alpha value is -0.540. The molecule has 0 saturated heterocycles. The number of carbonyl (C=O) groups is 1. The summed E-state index contributed by atoms with van der Waals surface area (Å²) in [5.74, 6) is 0.834. The summed E-state index contributed by atoms with van der Waals surface area (Å²) >= 11 is 7.50. The number of rotatable bonds is 5. The molecule has 0 unspecified atom stereocenters. The molecule has 0 radical (unpaired) electrons. The van der Waals surface area contributed by atoms with E-state index in [0.717, 1.165) is 16.8 Å². The third-order valence-electron chi connectivity index (χ3n) is 2.97. The van der Waals surface area contributed by atoms with E-state index in [9.17, 15) is 4.79 Å². The van der Waals surface area contributed by atoms with Gasteiger partial charge in [-0.2, -0.15) is 0 Å². The lowest BCUT2D eigenvalue weighted by molar-refractivity contribution is -0.128. The highest BCUT2D eigenvalue weighted by atomic mass is 127. The van der Waals surface area contributed by atoms with Crippen molar-refractivity contribution >= 4 is 58.8 Å². The first-order valence-corrected chi connectivity index (χ1v) is 8.38. The molecule has 0 bridgehead atoms. The van der Waals surface area contributed by atoms with Gasteiger partial charge in [-0.05, 0) is 12.1 Å². The average molecular weight is 473 g/mol. The quantitative estimate of drug-likeness (QED) is 0.299. The predicted octanol–water partition coefficient (Wildman–Crippen LogP) is 3.19. The Balaban J connectivity index is 0.00000484. The standard InChI is InChI=1S/C15H25ClN4OS.HI/c1-15(2,3)13(21)18-8-9-19-14(17-4)20(5)10-11-6-7-12(16)22-11;/h6-7H,8-10H2,1-5H3,(H,17,19)(H,18,21);1H. The van der Waals surface area contributed by atoms with Gasteiger partial charge in [-0.15, -0.1) is 35.3 Å². The van der Waals surface area contributed by atoms with Crippen molar-refractivity contribution in [3.8, 4) is 0 Å². The second-order valence-electron chi connectivity index (χ2n) is 6.04. The molecule has 0 atom stereocenters. The van der Waals surface area contributed by atoms with E-state index >= 15 is 0 Å². The highest BCUT2D eigenvalue weighted by molar-refractivity contribution is 14.0. The molecule has 23 heavy (non-hydrogen) atoms. The van der Waals surface area contributed by atoms with Gasteiger partial charge < -0.3 is 15.5 Å². The Morgan fingerprint density at radius 2 is 1.91 bits per heavy atom. The molecule has 1 heterocycles. The number of halogens is 2. The van der Waals surface area contributed by atoms with E-state index in [1.807, 2.05) is 44.9 Å². The smallest absolute Gasteiger partial charge is 0.225 e. The third kappa shape index (κ3) is 8.21. The number of aliphatic imine (C=N–C) groups is 1. The normalized spacial score (nSPS) is 11.7. The number of carbonyl (C=O) groups excluding carboxylic acids is 1. The van der Waals surface area contributed by atoms with Crippen LogP contribution in [0.4, 0.5) is 0 Å². The summed E-state index contributed by atoms with van der Waals surface area (Å²) in [5.41, 5.74) is -0.364. The van der Waals surface area contributed by atoms with Crippen molar-refractivity contribution < 1.29 is 4.79 Å². The van der Waals surface area contributed by atoms with Crippen LogP contribution in [0, 0.1) is 5.41 Å². The Kier molecular flexibility index (Phi) is 10.1. The van der Waals surface area contributed by atoms with Gasteiger partial charge in [0.1, 0.15) is 0 Å². The summed E-state index contributed by atoms with van der Waals surface area (Å²) in [5, 5.41) is 6.14. The van der Waals surface area contributed by atoms with Crippen LogP contribution in [0.25, 0.3) is 0 Å². The summed E-state index contributed by atoms with van der Waals surface area (Å²) in [6, 6.07) is 3.91. The highest BCUT2D eigenvalue weighted by Gasteiger charge is 2.20. The molecule has 0 aromatic carbocycles. The summed E-state index contributed by atoms with van der Waals surface area (Å²) in [4.78, 5) is 19.2. The molecular weight excluding hydrogens is 447 g/mol. The molecule has 0 aliphatic rings. The Morgan fingerprint density at radius 3 is 2.39 bits per heavy atom. The SMILES string of the molecule is CN=C(NCCNC(=O)C(C)(C)C)N(C)Cc1ccc(Cl)s1.I. The Bertz CT molecular complexity index is 528. The van der Waals surface area contributed by atoms with Gasteiger partial charge in [0.15, 0.2) is 5.96 Å². The fraction of sp³-hybridized carbons (Fsp3) is 0.600. The maximum Gasteiger partial charge on any atom is 0.225 e. The van der Waals surface area contributed by atoms with E-state index < -0.39 is 0 Å². The summed E-state index contributed by atoms with van der Waals surface area (Å²) in [6.45, 7) is 7.63. The summed E-state index contributed by atoms with van der Waals surface area (Å²) in [7, 11) is 3.71. The third-order valence-corrected chi connectivity index (χ3v) is 4.19. The van der Waals surface area contributed by atoms with Gasteiger partial charge in [0.25, 0.3) is 0 Å². The monoisotopic (exact) mass is 472 g/mol. The van der Waals surface area contributed by atoms with Crippen molar-refractivity contribution in [3.63, 3.8) is 0 Å². The topological polar surface area (TPSA) is 56.7 Å². The molecule has 0 saturated carbocycles. The van der Waals surface area contributed by atoms with Crippen LogP contribution in [-0.4, -0.2) is 44.0 Å². The number of hydrogen-bond acceptors (Lipinski definition) is 3. The molecule has 0 aliphatic carbocycles. The van der Waals surface area contributed by atoms with Crippen LogP contribution in [0.1, 0.15) is 25.6 Å². The minimum atomic E-state index is -0.364. The number of guanidine groups is 1. The van der Waals surface area contributed by atoms with Gasteiger partial charge in [-0.3, -0.25) is 9.79 Å². The van der Waals surface area contributed by atoms with Crippen molar-refractivity contribution in [2.24, 2.45) is 10.4 Å². The number of thiophene rings is 1. The largest absolute Gasteiger partial charge is 0.354 e. The minimum absolute atomic E-state index is 0. The number of nitrogens with zero attached hydrogens (tertiary/aromatic N) is 2. The molecule has 1 amide bonds. The lowest BCUT2D eigenvalue weighted by Gasteiger charge is -2.22. The van der Waals surface area contributed by atoms with Gasteiger partial charge in [-0.1, -0.05) is 32.4 Å². The Labute approximate surface area is 164 Å². The zero-order valence-electron chi connectivity index (χ0n) is 14.3. The molecule has 0 aliphatic heterocycles. The number of nitrogens with one attached hydrogen (secondary N) is 2. The fourth-order valence-electron chi connectivity index (χ4n) is 1.75. The maximum atomic E-state index is 11.8. The van der Waals surface area contributed by atoms with Gasteiger partial charge in [0.2, 0.25) is 5.91 Å². The van der Waals surface area contributed by atoms with Gasteiger partial charge >= 0.3 is 0 Å². The fourth-order valence-corrected chi connectivity index (χ4v) is 2.89. The molecular formula is C15H26ClIN4OS. The van der Waals surface area contributed by atoms with Crippen molar-refractivity contribution in [2.75, 3.05) is 27.2 Å². The van der Waals surface area contributed by atoms with Crippen LogP contribution >= 0.6 is 46.9 Å². The summed E-state index contributed by atoms with van der Waals surface area (Å²) < 4.78 is 0.788. The molecule has 5 nitrogen and oxygen atoms in total. The van der Waals surface area contributed by atoms with E-state index in [0.29, 0.717) is 13.1 Å². The molecule has 2 N–H and O–H groups in total. The highest BCUT2D eigenvalue weighted by Crippen LogP contribution is 2.22. The van der Waals surface area contributed by atoms with E-state index in [1.54, 1.807) is 18.4 Å². The molecule has 1 rings (SSSR count). The van der Waals surface area contributed by atoms with Crippen LogP contribution in [0.5, 0.6) is 0 Å². The first kappa shape index (κ1) is 22.5. The van der Waals surface area contributed by atoms with Crippen LogP contribution in [0.15, 0.2) is 17.1 Å². The molecule has 1 aromatic heterocycles. The Morgan fingerprint density at radius 1 is 1.30 bits per heavy atom. The number of hydrogen-bond donors (Lipinski definition) is 2. The first-order valence-electron chi connectivity index (χ1n) is 7.18. The lowest BCUT2D eigenvalue weighted by atomic mass is 9.96. The van der Waals surface area contributed by atoms with Gasteiger partial charge in [0.05, 0.1) is 10.9 Å².